The third kappa shape index (κ3) is 1.87. The molecule has 0 spiro atoms. The topological polar surface area (TPSA) is 17.1 Å². The second kappa shape index (κ2) is 3.95. The van der Waals surface area contributed by atoms with E-state index in [1.807, 2.05) is 6.92 Å². The van der Waals surface area contributed by atoms with Gasteiger partial charge in [0.05, 0.1) is 0 Å². The maximum Gasteiger partial charge on any atom is 0.122 e. The first kappa shape index (κ1) is 9.45. The van der Waals surface area contributed by atoms with Crippen molar-refractivity contribution in [2.24, 2.45) is 11.8 Å². The molecule has 1 aromatic carbocycles. The zero-order valence-corrected chi connectivity index (χ0v) is 8.57. The van der Waals surface area contributed by atoms with Crippen LogP contribution in [-0.2, 0) is 17.6 Å². The molecule has 0 bridgehead atoms. The van der Waals surface area contributed by atoms with Crippen molar-refractivity contribution >= 4 is 6.29 Å². The van der Waals surface area contributed by atoms with E-state index in [0.29, 0.717) is 5.92 Å². The molecule has 0 fully saturated rings. The summed E-state index contributed by atoms with van der Waals surface area (Å²) in [6.07, 6.45) is 4.43. The molecular weight excluding hydrogens is 172 g/mol. The SMILES string of the molecule is CC(C=O)CC1Cc2ccccc2C1. The van der Waals surface area contributed by atoms with Gasteiger partial charge in [-0.2, -0.15) is 0 Å². The van der Waals surface area contributed by atoms with Crippen LogP contribution in [0.5, 0.6) is 0 Å². The Bertz CT molecular complexity index is 305. The Hall–Kier alpha value is -1.11. The summed E-state index contributed by atoms with van der Waals surface area (Å²) in [7, 11) is 0. The van der Waals surface area contributed by atoms with Crippen LogP contribution in [0.25, 0.3) is 0 Å². The maximum absolute atomic E-state index is 10.6. The predicted molar refractivity (Wildman–Crippen MR) is 57.2 cm³/mol. The molecule has 1 unspecified atom stereocenters. The van der Waals surface area contributed by atoms with Crippen LogP contribution in [-0.4, -0.2) is 6.29 Å². The van der Waals surface area contributed by atoms with Crippen molar-refractivity contribution in [2.75, 3.05) is 0 Å². The van der Waals surface area contributed by atoms with E-state index in [0.717, 1.165) is 25.5 Å². The number of benzene rings is 1. The van der Waals surface area contributed by atoms with Gasteiger partial charge >= 0.3 is 0 Å². The Morgan fingerprint density at radius 1 is 1.36 bits per heavy atom. The molecule has 1 nitrogen and oxygen atoms in total. The molecule has 0 aliphatic heterocycles. The van der Waals surface area contributed by atoms with Gasteiger partial charge < -0.3 is 4.79 Å². The molecule has 0 N–H and O–H groups in total. The van der Waals surface area contributed by atoms with Crippen molar-refractivity contribution in [3.05, 3.63) is 35.4 Å². The predicted octanol–water partition coefficient (Wildman–Crippen LogP) is 2.63. The molecule has 1 atom stereocenters. The molecule has 1 heteroatoms. The van der Waals surface area contributed by atoms with E-state index in [9.17, 15) is 4.79 Å². The van der Waals surface area contributed by atoms with Gasteiger partial charge in [-0.1, -0.05) is 31.2 Å². The average molecular weight is 188 g/mol. The van der Waals surface area contributed by atoms with E-state index in [4.69, 9.17) is 0 Å². The molecule has 14 heavy (non-hydrogen) atoms. The van der Waals surface area contributed by atoms with Gasteiger partial charge in [0.2, 0.25) is 0 Å². The summed E-state index contributed by atoms with van der Waals surface area (Å²) in [6, 6.07) is 8.62. The number of carbonyl (C=O) groups is 1. The quantitative estimate of drug-likeness (QED) is 0.666. The fraction of sp³-hybridized carbons (Fsp3) is 0.462. The molecule has 0 aromatic heterocycles. The summed E-state index contributed by atoms with van der Waals surface area (Å²) < 4.78 is 0. The zero-order valence-electron chi connectivity index (χ0n) is 8.57. The summed E-state index contributed by atoms with van der Waals surface area (Å²) in [6.45, 7) is 2.01. The normalized spacial score (nSPS) is 17.8. The minimum Gasteiger partial charge on any atom is -0.303 e. The van der Waals surface area contributed by atoms with Gasteiger partial charge in [0.25, 0.3) is 0 Å². The summed E-state index contributed by atoms with van der Waals surface area (Å²) in [5.41, 5.74) is 2.96. The first-order valence-corrected chi connectivity index (χ1v) is 5.31. The third-order valence-corrected chi connectivity index (χ3v) is 3.07. The first-order chi connectivity index (χ1) is 6.79. The van der Waals surface area contributed by atoms with Crippen LogP contribution in [0.15, 0.2) is 24.3 Å². The molecule has 0 saturated carbocycles. The molecule has 2 rings (SSSR count). The summed E-state index contributed by atoms with van der Waals surface area (Å²) in [5.74, 6) is 0.905. The molecule has 74 valence electrons. The molecule has 1 aliphatic rings. The summed E-state index contributed by atoms with van der Waals surface area (Å²) >= 11 is 0. The van der Waals surface area contributed by atoms with Gasteiger partial charge in [-0.05, 0) is 36.3 Å². The van der Waals surface area contributed by atoms with Crippen LogP contribution >= 0.6 is 0 Å². The van der Waals surface area contributed by atoms with Crippen molar-refractivity contribution in [1.29, 1.82) is 0 Å². The molecule has 0 saturated heterocycles. The van der Waals surface area contributed by atoms with Crippen molar-refractivity contribution in [3.8, 4) is 0 Å². The molecule has 0 amide bonds. The highest BCUT2D eigenvalue weighted by molar-refractivity contribution is 5.52. The fourth-order valence-electron chi connectivity index (χ4n) is 2.40. The highest BCUT2D eigenvalue weighted by Gasteiger charge is 2.22. The van der Waals surface area contributed by atoms with Gasteiger partial charge in [0.1, 0.15) is 6.29 Å². The zero-order chi connectivity index (χ0) is 9.97. The van der Waals surface area contributed by atoms with E-state index in [1.54, 1.807) is 0 Å². The monoisotopic (exact) mass is 188 g/mol. The number of hydrogen-bond acceptors (Lipinski definition) is 1. The standard InChI is InChI=1S/C13H16O/c1-10(9-14)6-11-7-12-4-2-3-5-13(12)8-11/h2-5,9-11H,6-8H2,1H3. The Kier molecular flexibility index (Phi) is 2.67. The lowest BCUT2D eigenvalue weighted by atomic mass is 9.94. The van der Waals surface area contributed by atoms with Crippen LogP contribution in [0.3, 0.4) is 0 Å². The van der Waals surface area contributed by atoms with Gasteiger partial charge in [0.15, 0.2) is 0 Å². The molecule has 1 aromatic rings. The maximum atomic E-state index is 10.6. The van der Waals surface area contributed by atoms with E-state index < -0.39 is 0 Å². The molecular formula is C13H16O. The van der Waals surface area contributed by atoms with Crippen molar-refractivity contribution in [2.45, 2.75) is 26.2 Å². The molecule has 0 heterocycles. The van der Waals surface area contributed by atoms with Gasteiger partial charge in [-0.15, -0.1) is 0 Å². The highest BCUT2D eigenvalue weighted by atomic mass is 16.1. The van der Waals surface area contributed by atoms with Gasteiger partial charge in [-0.3, -0.25) is 0 Å². The van der Waals surface area contributed by atoms with Crippen molar-refractivity contribution in [3.63, 3.8) is 0 Å². The fourth-order valence-corrected chi connectivity index (χ4v) is 2.40. The van der Waals surface area contributed by atoms with E-state index >= 15 is 0 Å². The minimum absolute atomic E-state index is 0.217. The Morgan fingerprint density at radius 3 is 2.43 bits per heavy atom. The van der Waals surface area contributed by atoms with Gasteiger partial charge in [-0.25, -0.2) is 0 Å². The Balaban J connectivity index is 2.01. The lowest BCUT2D eigenvalue weighted by Crippen LogP contribution is -2.07. The smallest absolute Gasteiger partial charge is 0.122 e. The Labute approximate surface area is 85.1 Å². The summed E-state index contributed by atoms with van der Waals surface area (Å²) in [4.78, 5) is 10.6. The van der Waals surface area contributed by atoms with Crippen LogP contribution in [0.1, 0.15) is 24.5 Å². The number of fused-ring (bicyclic) bond motifs is 1. The van der Waals surface area contributed by atoms with Crippen molar-refractivity contribution in [1.82, 2.24) is 0 Å². The van der Waals surface area contributed by atoms with E-state index in [2.05, 4.69) is 24.3 Å². The van der Waals surface area contributed by atoms with Crippen LogP contribution in [0.4, 0.5) is 0 Å². The van der Waals surface area contributed by atoms with E-state index in [-0.39, 0.29) is 5.92 Å². The van der Waals surface area contributed by atoms with Crippen LogP contribution in [0.2, 0.25) is 0 Å². The van der Waals surface area contributed by atoms with E-state index in [1.165, 1.54) is 11.1 Å². The number of rotatable bonds is 3. The third-order valence-electron chi connectivity index (χ3n) is 3.07. The first-order valence-electron chi connectivity index (χ1n) is 5.31. The molecule has 0 radical (unpaired) electrons. The number of carbonyl (C=O) groups excluding carboxylic acids is 1. The van der Waals surface area contributed by atoms with Crippen LogP contribution in [0, 0.1) is 11.8 Å². The second-order valence-electron chi connectivity index (χ2n) is 4.39. The van der Waals surface area contributed by atoms with Gasteiger partial charge in [0, 0.05) is 5.92 Å². The lowest BCUT2D eigenvalue weighted by Gasteiger charge is -2.10. The van der Waals surface area contributed by atoms with Crippen LogP contribution < -0.4 is 0 Å². The number of aldehydes is 1. The number of hydrogen-bond donors (Lipinski definition) is 0. The van der Waals surface area contributed by atoms with Crippen molar-refractivity contribution < 1.29 is 4.79 Å². The minimum atomic E-state index is 0.217. The average Bonchev–Trinajstić information content (AvgIpc) is 2.59. The summed E-state index contributed by atoms with van der Waals surface area (Å²) in [5, 5.41) is 0. The highest BCUT2D eigenvalue weighted by Crippen LogP contribution is 2.30. The second-order valence-corrected chi connectivity index (χ2v) is 4.39. The lowest BCUT2D eigenvalue weighted by molar-refractivity contribution is -0.111. The largest absolute Gasteiger partial charge is 0.303 e. The molecule has 1 aliphatic carbocycles. The Morgan fingerprint density at radius 2 is 1.93 bits per heavy atom.